The molecule has 1 unspecified atom stereocenters. The Hall–Kier alpha value is -1.43. The molecule has 1 atom stereocenters. The standard InChI is InChI=1S/C14H22N4O2/c19-14(20)11-5-4-6-13-15-12(16-18(11)13)7-10-17-8-2-1-3-9-17/h11H,1-10H2,(H,19,20). The lowest BCUT2D eigenvalue weighted by molar-refractivity contribution is -0.141. The molecule has 0 spiro atoms. The quantitative estimate of drug-likeness (QED) is 0.898. The average Bonchev–Trinajstić information content (AvgIpc) is 2.88. The average molecular weight is 278 g/mol. The van der Waals surface area contributed by atoms with Gasteiger partial charge in [-0.15, -0.1) is 0 Å². The number of hydrogen-bond acceptors (Lipinski definition) is 4. The van der Waals surface area contributed by atoms with Crippen LogP contribution in [0.2, 0.25) is 0 Å². The van der Waals surface area contributed by atoms with Gasteiger partial charge < -0.3 is 10.0 Å². The molecule has 1 aromatic rings. The van der Waals surface area contributed by atoms with E-state index < -0.39 is 12.0 Å². The van der Waals surface area contributed by atoms with Crippen molar-refractivity contribution >= 4 is 5.97 Å². The van der Waals surface area contributed by atoms with Crippen LogP contribution in [0.25, 0.3) is 0 Å². The minimum Gasteiger partial charge on any atom is -0.480 e. The van der Waals surface area contributed by atoms with E-state index in [0.29, 0.717) is 6.42 Å². The molecule has 6 nitrogen and oxygen atoms in total. The zero-order chi connectivity index (χ0) is 13.9. The molecule has 6 heteroatoms. The molecule has 20 heavy (non-hydrogen) atoms. The van der Waals surface area contributed by atoms with Crippen molar-refractivity contribution in [3.8, 4) is 0 Å². The Morgan fingerprint density at radius 3 is 2.80 bits per heavy atom. The van der Waals surface area contributed by atoms with E-state index in [4.69, 9.17) is 0 Å². The lowest BCUT2D eigenvalue weighted by atomic mass is 10.1. The lowest BCUT2D eigenvalue weighted by Crippen LogP contribution is -2.31. The van der Waals surface area contributed by atoms with Crippen molar-refractivity contribution in [2.24, 2.45) is 0 Å². The largest absolute Gasteiger partial charge is 0.480 e. The van der Waals surface area contributed by atoms with E-state index in [1.54, 1.807) is 4.68 Å². The van der Waals surface area contributed by atoms with Crippen molar-refractivity contribution in [2.45, 2.75) is 51.0 Å². The van der Waals surface area contributed by atoms with Gasteiger partial charge in [-0.25, -0.2) is 14.5 Å². The summed E-state index contributed by atoms with van der Waals surface area (Å²) in [4.78, 5) is 18.2. The number of carboxylic acids is 1. The number of aryl methyl sites for hydroxylation is 1. The van der Waals surface area contributed by atoms with Gasteiger partial charge in [0, 0.05) is 19.4 Å². The van der Waals surface area contributed by atoms with Crippen molar-refractivity contribution in [1.29, 1.82) is 0 Å². The number of nitrogens with zero attached hydrogens (tertiary/aromatic N) is 4. The minimum absolute atomic E-state index is 0.519. The van der Waals surface area contributed by atoms with E-state index in [1.807, 2.05) is 0 Å². The van der Waals surface area contributed by atoms with Crippen molar-refractivity contribution in [3.05, 3.63) is 11.6 Å². The van der Waals surface area contributed by atoms with Crippen molar-refractivity contribution < 1.29 is 9.90 Å². The lowest BCUT2D eigenvalue weighted by Gasteiger charge is -2.25. The molecular formula is C14H22N4O2. The predicted octanol–water partition coefficient (Wildman–Crippen LogP) is 1.27. The van der Waals surface area contributed by atoms with E-state index in [2.05, 4.69) is 15.0 Å². The Morgan fingerprint density at radius 1 is 1.25 bits per heavy atom. The maximum atomic E-state index is 11.2. The van der Waals surface area contributed by atoms with E-state index in [0.717, 1.165) is 37.5 Å². The molecule has 1 N–H and O–H groups in total. The number of carbonyl (C=O) groups is 1. The minimum atomic E-state index is -0.793. The number of rotatable bonds is 4. The van der Waals surface area contributed by atoms with Gasteiger partial charge in [0.2, 0.25) is 0 Å². The summed E-state index contributed by atoms with van der Waals surface area (Å²) in [6, 6.07) is -0.519. The number of aromatic nitrogens is 3. The van der Waals surface area contributed by atoms with Crippen LogP contribution < -0.4 is 0 Å². The van der Waals surface area contributed by atoms with Gasteiger partial charge in [0.05, 0.1) is 0 Å². The third kappa shape index (κ3) is 2.85. The molecule has 1 aromatic heterocycles. The van der Waals surface area contributed by atoms with Crippen LogP contribution in [0.5, 0.6) is 0 Å². The molecule has 3 heterocycles. The Kier molecular flexibility index (Phi) is 4.00. The molecule has 0 amide bonds. The first-order valence-corrected chi connectivity index (χ1v) is 7.63. The second kappa shape index (κ2) is 5.91. The predicted molar refractivity (Wildman–Crippen MR) is 73.6 cm³/mol. The third-order valence-corrected chi connectivity index (χ3v) is 4.30. The van der Waals surface area contributed by atoms with Crippen LogP contribution in [0.4, 0.5) is 0 Å². The molecule has 110 valence electrons. The Labute approximate surface area is 118 Å². The van der Waals surface area contributed by atoms with Crippen LogP contribution in [0.15, 0.2) is 0 Å². The van der Waals surface area contributed by atoms with E-state index in [1.165, 1.54) is 32.4 Å². The molecule has 2 aliphatic heterocycles. The fourth-order valence-electron chi connectivity index (χ4n) is 3.18. The van der Waals surface area contributed by atoms with Gasteiger partial charge in [-0.1, -0.05) is 6.42 Å². The topological polar surface area (TPSA) is 71.2 Å². The van der Waals surface area contributed by atoms with Crippen LogP contribution >= 0.6 is 0 Å². The Morgan fingerprint density at radius 2 is 2.05 bits per heavy atom. The maximum Gasteiger partial charge on any atom is 0.328 e. The summed E-state index contributed by atoms with van der Waals surface area (Å²) in [5.41, 5.74) is 0. The van der Waals surface area contributed by atoms with Gasteiger partial charge in [-0.2, -0.15) is 5.10 Å². The molecule has 0 bridgehead atoms. The van der Waals surface area contributed by atoms with Crippen molar-refractivity contribution in [1.82, 2.24) is 19.7 Å². The van der Waals surface area contributed by atoms with Crippen molar-refractivity contribution in [2.75, 3.05) is 19.6 Å². The second-order valence-corrected chi connectivity index (χ2v) is 5.79. The van der Waals surface area contributed by atoms with Gasteiger partial charge >= 0.3 is 5.97 Å². The third-order valence-electron chi connectivity index (χ3n) is 4.30. The van der Waals surface area contributed by atoms with E-state index in [9.17, 15) is 9.90 Å². The number of carboxylic acid groups (broad SMARTS) is 1. The summed E-state index contributed by atoms with van der Waals surface area (Å²) in [7, 11) is 0. The van der Waals surface area contributed by atoms with Crippen LogP contribution in [-0.4, -0.2) is 50.4 Å². The summed E-state index contributed by atoms with van der Waals surface area (Å²) >= 11 is 0. The van der Waals surface area contributed by atoms with Gasteiger partial charge in [0.25, 0.3) is 0 Å². The van der Waals surface area contributed by atoms with Crippen LogP contribution in [0.1, 0.15) is 49.8 Å². The number of piperidine rings is 1. The molecule has 0 aromatic carbocycles. The highest BCUT2D eigenvalue weighted by atomic mass is 16.4. The zero-order valence-electron chi connectivity index (χ0n) is 11.8. The zero-order valence-corrected chi connectivity index (χ0v) is 11.8. The van der Waals surface area contributed by atoms with Crippen molar-refractivity contribution in [3.63, 3.8) is 0 Å². The molecule has 1 saturated heterocycles. The number of fused-ring (bicyclic) bond motifs is 1. The first-order chi connectivity index (χ1) is 9.74. The molecule has 0 saturated carbocycles. The fourth-order valence-corrected chi connectivity index (χ4v) is 3.18. The summed E-state index contributed by atoms with van der Waals surface area (Å²) in [5, 5.41) is 13.7. The highest BCUT2D eigenvalue weighted by Crippen LogP contribution is 2.23. The Balaban J connectivity index is 1.64. The highest BCUT2D eigenvalue weighted by molar-refractivity contribution is 5.71. The highest BCUT2D eigenvalue weighted by Gasteiger charge is 2.28. The van der Waals surface area contributed by atoms with Crippen LogP contribution in [-0.2, 0) is 17.6 Å². The Bertz CT molecular complexity index is 480. The van der Waals surface area contributed by atoms with Gasteiger partial charge in [0.15, 0.2) is 11.9 Å². The van der Waals surface area contributed by atoms with Gasteiger partial charge in [0.1, 0.15) is 5.82 Å². The monoisotopic (exact) mass is 278 g/mol. The van der Waals surface area contributed by atoms with E-state index in [-0.39, 0.29) is 0 Å². The summed E-state index contributed by atoms with van der Waals surface area (Å²) in [6.45, 7) is 3.33. The summed E-state index contributed by atoms with van der Waals surface area (Å²) in [5.74, 6) is 0.856. The SMILES string of the molecule is O=C(O)C1CCCc2nc(CCN3CCCCC3)nn21. The molecule has 0 radical (unpaired) electrons. The molecule has 1 fully saturated rings. The fraction of sp³-hybridized carbons (Fsp3) is 0.786. The molecule has 2 aliphatic rings. The summed E-state index contributed by atoms with van der Waals surface area (Å²) < 4.78 is 1.64. The number of aliphatic carboxylic acids is 1. The van der Waals surface area contributed by atoms with E-state index >= 15 is 0 Å². The second-order valence-electron chi connectivity index (χ2n) is 5.79. The molecule has 3 rings (SSSR count). The smallest absolute Gasteiger partial charge is 0.328 e. The first-order valence-electron chi connectivity index (χ1n) is 7.63. The normalized spacial score (nSPS) is 23.5. The number of likely N-dealkylation sites (tertiary alicyclic amines) is 1. The van der Waals surface area contributed by atoms with Gasteiger partial charge in [-0.05, 0) is 38.8 Å². The summed E-state index contributed by atoms with van der Waals surface area (Å²) in [6.07, 6.45) is 7.14. The van der Waals surface area contributed by atoms with Crippen LogP contribution in [0, 0.1) is 0 Å². The molecule has 0 aliphatic carbocycles. The maximum absolute atomic E-state index is 11.2. The van der Waals surface area contributed by atoms with Gasteiger partial charge in [-0.3, -0.25) is 0 Å². The molecular weight excluding hydrogens is 256 g/mol. The first kappa shape index (κ1) is 13.5. The number of hydrogen-bond donors (Lipinski definition) is 1. The van der Waals surface area contributed by atoms with Crippen LogP contribution in [0.3, 0.4) is 0 Å².